The van der Waals surface area contributed by atoms with E-state index in [2.05, 4.69) is 10.4 Å². The predicted octanol–water partition coefficient (Wildman–Crippen LogP) is 3.50. The van der Waals surface area contributed by atoms with E-state index in [9.17, 15) is 4.79 Å². The van der Waals surface area contributed by atoms with Crippen LogP contribution in [-0.4, -0.2) is 21.7 Å². The van der Waals surface area contributed by atoms with E-state index in [1.807, 2.05) is 24.7 Å². The first-order chi connectivity index (χ1) is 11.1. The van der Waals surface area contributed by atoms with Crippen molar-refractivity contribution >= 4 is 27.5 Å². The van der Waals surface area contributed by atoms with Crippen molar-refractivity contribution in [2.75, 3.05) is 0 Å². The summed E-state index contributed by atoms with van der Waals surface area (Å²) >= 11 is 1.56. The molecule has 3 fully saturated rings. The van der Waals surface area contributed by atoms with Crippen LogP contribution >= 0.6 is 11.3 Å². The van der Waals surface area contributed by atoms with Gasteiger partial charge in [0.15, 0.2) is 0 Å². The fourth-order valence-corrected chi connectivity index (χ4v) is 6.82. The van der Waals surface area contributed by atoms with Crippen LogP contribution in [0.3, 0.4) is 0 Å². The van der Waals surface area contributed by atoms with Crippen molar-refractivity contribution < 1.29 is 4.79 Å². The van der Waals surface area contributed by atoms with Gasteiger partial charge in [-0.15, -0.1) is 11.3 Å². The van der Waals surface area contributed by atoms with E-state index in [4.69, 9.17) is 0 Å². The first-order valence-electron chi connectivity index (χ1n) is 8.86. The molecule has 122 valence electrons. The van der Waals surface area contributed by atoms with E-state index in [-0.39, 0.29) is 5.91 Å². The summed E-state index contributed by atoms with van der Waals surface area (Å²) in [5, 5.41) is 8.90. The highest BCUT2D eigenvalue weighted by Gasteiger charge is 2.54. The maximum Gasteiger partial charge on any atom is 0.261 e. The number of thiophene rings is 1. The summed E-state index contributed by atoms with van der Waals surface area (Å²) in [4.78, 5) is 14.7. The zero-order chi connectivity index (χ0) is 15.7. The zero-order valence-electron chi connectivity index (χ0n) is 13.7. The van der Waals surface area contributed by atoms with Gasteiger partial charge in [-0.3, -0.25) is 9.48 Å². The van der Waals surface area contributed by atoms with Crippen molar-refractivity contribution in [3.8, 4) is 0 Å². The van der Waals surface area contributed by atoms with Crippen LogP contribution in [0.4, 0.5) is 0 Å². The van der Waals surface area contributed by atoms with Gasteiger partial charge in [0, 0.05) is 18.5 Å². The molecule has 5 atom stereocenters. The Morgan fingerprint density at radius 1 is 1.30 bits per heavy atom. The number of aromatic nitrogens is 2. The SMILES string of the molecule is Cc1nn(C)c2sc(C(=O)N[C@@H]3C[C@H]4C[C@H]3[C@@H]3CCC[C@H]43)cc12. The zero-order valence-corrected chi connectivity index (χ0v) is 14.5. The number of amides is 1. The molecular weight excluding hydrogens is 306 g/mol. The molecule has 0 spiro atoms. The molecule has 2 bridgehead atoms. The highest BCUT2D eigenvalue weighted by Crippen LogP contribution is 2.58. The quantitative estimate of drug-likeness (QED) is 0.916. The first kappa shape index (κ1) is 14.0. The van der Waals surface area contributed by atoms with Gasteiger partial charge in [-0.05, 0) is 62.3 Å². The molecule has 0 saturated heterocycles. The molecule has 5 heteroatoms. The number of carbonyl (C=O) groups is 1. The van der Waals surface area contributed by atoms with Gasteiger partial charge in [0.2, 0.25) is 0 Å². The molecule has 5 rings (SSSR count). The fourth-order valence-electron chi connectivity index (χ4n) is 5.79. The summed E-state index contributed by atoms with van der Waals surface area (Å²) in [6.45, 7) is 2.01. The van der Waals surface area contributed by atoms with E-state index < -0.39 is 0 Å². The summed E-state index contributed by atoms with van der Waals surface area (Å²) in [6, 6.07) is 2.43. The molecule has 23 heavy (non-hydrogen) atoms. The van der Waals surface area contributed by atoms with E-state index in [1.54, 1.807) is 11.3 Å². The lowest BCUT2D eigenvalue weighted by Crippen LogP contribution is -2.42. The molecule has 2 aromatic heterocycles. The van der Waals surface area contributed by atoms with Gasteiger partial charge in [-0.25, -0.2) is 0 Å². The third-order valence-corrected chi connectivity index (χ3v) is 7.87. The van der Waals surface area contributed by atoms with E-state index in [1.165, 1.54) is 32.1 Å². The number of nitrogens with one attached hydrogen (secondary N) is 1. The highest BCUT2D eigenvalue weighted by molar-refractivity contribution is 7.20. The molecule has 3 aliphatic rings. The van der Waals surface area contributed by atoms with Gasteiger partial charge in [0.1, 0.15) is 4.83 Å². The molecule has 0 aromatic carbocycles. The second-order valence-electron chi connectivity index (χ2n) is 7.77. The van der Waals surface area contributed by atoms with Crippen molar-refractivity contribution in [2.24, 2.45) is 30.7 Å². The van der Waals surface area contributed by atoms with Crippen LogP contribution < -0.4 is 5.32 Å². The largest absolute Gasteiger partial charge is 0.348 e. The Hall–Kier alpha value is -1.36. The molecule has 0 aliphatic heterocycles. The third kappa shape index (κ3) is 1.95. The minimum absolute atomic E-state index is 0.123. The lowest BCUT2D eigenvalue weighted by Gasteiger charge is -2.31. The van der Waals surface area contributed by atoms with E-state index in [0.717, 1.165) is 44.5 Å². The van der Waals surface area contributed by atoms with Gasteiger partial charge in [0.25, 0.3) is 5.91 Å². The number of fused-ring (bicyclic) bond motifs is 6. The summed E-state index contributed by atoms with van der Waals surface area (Å²) < 4.78 is 1.88. The number of hydrogen-bond acceptors (Lipinski definition) is 3. The maximum absolute atomic E-state index is 12.7. The number of aryl methyl sites for hydroxylation is 2. The van der Waals surface area contributed by atoms with Crippen molar-refractivity contribution in [1.82, 2.24) is 15.1 Å². The highest BCUT2D eigenvalue weighted by atomic mass is 32.1. The predicted molar refractivity (Wildman–Crippen MR) is 91.6 cm³/mol. The molecular formula is C18H23N3OS. The summed E-state index contributed by atoms with van der Waals surface area (Å²) in [5.41, 5.74) is 1.01. The van der Waals surface area contributed by atoms with E-state index >= 15 is 0 Å². The topological polar surface area (TPSA) is 46.9 Å². The smallest absolute Gasteiger partial charge is 0.261 e. The van der Waals surface area contributed by atoms with E-state index in [0.29, 0.717) is 6.04 Å². The first-order valence-corrected chi connectivity index (χ1v) is 9.67. The minimum Gasteiger partial charge on any atom is -0.348 e. The third-order valence-electron chi connectivity index (χ3n) is 6.67. The average Bonchev–Trinajstić information content (AvgIpc) is 3.27. The van der Waals surface area contributed by atoms with Crippen LogP contribution in [0.25, 0.3) is 10.2 Å². The monoisotopic (exact) mass is 329 g/mol. The number of carbonyl (C=O) groups excluding carboxylic acids is 1. The summed E-state index contributed by atoms with van der Waals surface area (Å²) in [7, 11) is 1.95. The molecule has 2 aromatic rings. The Morgan fingerprint density at radius 3 is 2.96 bits per heavy atom. The molecule has 2 heterocycles. The van der Waals surface area contributed by atoms with Crippen LogP contribution in [0, 0.1) is 30.6 Å². The molecule has 4 nitrogen and oxygen atoms in total. The van der Waals surface area contributed by atoms with Crippen LogP contribution in [0.2, 0.25) is 0 Å². The van der Waals surface area contributed by atoms with Crippen LogP contribution in [-0.2, 0) is 7.05 Å². The summed E-state index contributed by atoms with van der Waals surface area (Å²) in [6.07, 6.45) is 6.81. The van der Waals surface area contributed by atoms with Gasteiger partial charge in [-0.1, -0.05) is 6.42 Å². The Bertz CT molecular complexity index is 757. The van der Waals surface area contributed by atoms with Crippen LogP contribution in [0.15, 0.2) is 6.07 Å². The summed E-state index contributed by atoms with van der Waals surface area (Å²) in [5.74, 6) is 3.62. The van der Waals surface area contributed by atoms with Crippen molar-refractivity contribution in [2.45, 2.75) is 45.1 Å². The lowest BCUT2D eigenvalue weighted by atomic mass is 9.79. The molecule has 3 aliphatic carbocycles. The molecule has 1 amide bonds. The van der Waals surface area contributed by atoms with Crippen molar-refractivity contribution in [3.63, 3.8) is 0 Å². The number of hydrogen-bond donors (Lipinski definition) is 1. The Labute approximate surface area is 140 Å². The second kappa shape index (κ2) is 4.82. The molecule has 0 radical (unpaired) electrons. The molecule has 3 saturated carbocycles. The van der Waals surface area contributed by atoms with Gasteiger partial charge < -0.3 is 5.32 Å². The number of rotatable bonds is 2. The lowest BCUT2D eigenvalue weighted by molar-refractivity contribution is 0.0905. The molecule has 1 N–H and O–H groups in total. The minimum atomic E-state index is 0.123. The normalized spacial score (nSPS) is 35.1. The van der Waals surface area contributed by atoms with Gasteiger partial charge in [-0.2, -0.15) is 5.10 Å². The second-order valence-corrected chi connectivity index (χ2v) is 8.80. The Morgan fingerprint density at radius 2 is 2.13 bits per heavy atom. The fraction of sp³-hybridized carbons (Fsp3) is 0.667. The molecule has 0 unspecified atom stereocenters. The number of nitrogens with zero attached hydrogens (tertiary/aromatic N) is 2. The standard InChI is InChI=1S/C18H23N3OS/c1-9-13-8-16(23-18(13)21(2)20-9)17(22)19-15-7-10-6-14(15)12-5-3-4-11(10)12/h8,10-12,14-15H,3-7H2,1-2H3,(H,19,22)/t10-,11-,12-,14+,15-/m1/s1. The van der Waals surface area contributed by atoms with Crippen molar-refractivity contribution in [1.29, 1.82) is 0 Å². The average molecular weight is 329 g/mol. The van der Waals surface area contributed by atoms with Crippen molar-refractivity contribution in [3.05, 3.63) is 16.6 Å². The van der Waals surface area contributed by atoms with Gasteiger partial charge >= 0.3 is 0 Å². The van der Waals surface area contributed by atoms with Crippen LogP contribution in [0.5, 0.6) is 0 Å². The Kier molecular flexibility index (Phi) is 2.94. The maximum atomic E-state index is 12.7. The Balaban J connectivity index is 1.36. The van der Waals surface area contributed by atoms with Gasteiger partial charge in [0.05, 0.1) is 10.6 Å². The van der Waals surface area contributed by atoms with Crippen LogP contribution in [0.1, 0.15) is 47.5 Å².